The second-order valence-electron chi connectivity index (χ2n) is 5.51. The lowest BCUT2D eigenvalue weighted by Crippen LogP contribution is -2.50. The van der Waals surface area contributed by atoms with E-state index in [2.05, 4.69) is 0 Å². The number of piperidine rings is 1. The maximum atomic E-state index is 12.4. The highest BCUT2D eigenvalue weighted by atomic mass is 16.4. The number of carbonyl (C=O) groups is 2. The second kappa shape index (κ2) is 6.23. The van der Waals surface area contributed by atoms with Crippen LogP contribution in [-0.2, 0) is 4.79 Å². The van der Waals surface area contributed by atoms with Gasteiger partial charge in [-0.05, 0) is 25.7 Å². The number of carbonyl (C=O) groups excluding carboxylic acids is 1. The number of aliphatic hydroxyl groups excluding tert-OH is 1. The summed E-state index contributed by atoms with van der Waals surface area (Å²) in [6.45, 7) is 2.02. The summed E-state index contributed by atoms with van der Waals surface area (Å²) in [4.78, 5) is 26.8. The minimum absolute atomic E-state index is 0.0308. The van der Waals surface area contributed by atoms with Gasteiger partial charge in [0.25, 0.3) is 0 Å². The first-order chi connectivity index (χ1) is 9.11. The summed E-state index contributed by atoms with van der Waals surface area (Å²) in [6, 6.07) is -0.228. The van der Waals surface area contributed by atoms with Crippen LogP contribution in [-0.4, -0.2) is 64.3 Å². The van der Waals surface area contributed by atoms with E-state index in [-0.39, 0.29) is 31.0 Å². The number of likely N-dealkylation sites (tertiary alicyclic amines) is 2. The van der Waals surface area contributed by atoms with Crippen molar-refractivity contribution in [2.24, 2.45) is 5.92 Å². The lowest BCUT2D eigenvalue weighted by Gasteiger charge is -2.37. The SMILES string of the molecule is O=C(O)CC1CCCCN1C(=O)N1CCC(CO)C1. The molecule has 108 valence electrons. The highest BCUT2D eigenvalue weighted by molar-refractivity contribution is 5.76. The molecule has 0 radical (unpaired) electrons. The van der Waals surface area contributed by atoms with Gasteiger partial charge >= 0.3 is 12.0 Å². The molecule has 0 saturated carbocycles. The van der Waals surface area contributed by atoms with Gasteiger partial charge in [0.1, 0.15) is 0 Å². The lowest BCUT2D eigenvalue weighted by atomic mass is 10.00. The van der Waals surface area contributed by atoms with Crippen LogP contribution in [0.5, 0.6) is 0 Å². The first-order valence-corrected chi connectivity index (χ1v) is 7.00. The summed E-state index contributed by atoms with van der Waals surface area (Å²) in [7, 11) is 0. The number of aliphatic hydroxyl groups is 1. The van der Waals surface area contributed by atoms with Crippen molar-refractivity contribution in [3.63, 3.8) is 0 Å². The van der Waals surface area contributed by atoms with Crippen LogP contribution in [0.15, 0.2) is 0 Å². The van der Waals surface area contributed by atoms with E-state index in [0.29, 0.717) is 19.6 Å². The van der Waals surface area contributed by atoms with Gasteiger partial charge in [0.05, 0.1) is 6.42 Å². The quantitative estimate of drug-likeness (QED) is 0.793. The molecule has 2 saturated heterocycles. The Morgan fingerprint density at radius 2 is 1.95 bits per heavy atom. The summed E-state index contributed by atoms with van der Waals surface area (Å²) in [5.41, 5.74) is 0. The van der Waals surface area contributed by atoms with Crippen LogP contribution in [0, 0.1) is 5.92 Å². The molecular formula is C13H22N2O4. The van der Waals surface area contributed by atoms with Crippen molar-refractivity contribution in [2.45, 2.75) is 38.1 Å². The van der Waals surface area contributed by atoms with Crippen LogP contribution in [0.3, 0.4) is 0 Å². The lowest BCUT2D eigenvalue weighted by molar-refractivity contribution is -0.138. The second-order valence-corrected chi connectivity index (χ2v) is 5.51. The fraction of sp³-hybridized carbons (Fsp3) is 0.846. The van der Waals surface area contributed by atoms with Gasteiger partial charge in [-0.2, -0.15) is 0 Å². The molecule has 0 aromatic heterocycles. The molecular weight excluding hydrogens is 248 g/mol. The maximum Gasteiger partial charge on any atom is 0.320 e. The minimum Gasteiger partial charge on any atom is -0.481 e. The number of nitrogens with zero attached hydrogens (tertiary/aromatic N) is 2. The minimum atomic E-state index is -0.848. The monoisotopic (exact) mass is 270 g/mol. The Kier molecular flexibility index (Phi) is 4.63. The van der Waals surface area contributed by atoms with Gasteiger partial charge < -0.3 is 20.0 Å². The molecule has 6 nitrogen and oxygen atoms in total. The molecule has 2 aliphatic heterocycles. The molecule has 2 atom stereocenters. The molecule has 0 aliphatic carbocycles. The zero-order chi connectivity index (χ0) is 13.8. The van der Waals surface area contributed by atoms with E-state index in [0.717, 1.165) is 25.7 Å². The molecule has 2 amide bonds. The van der Waals surface area contributed by atoms with Crippen molar-refractivity contribution in [2.75, 3.05) is 26.2 Å². The number of aliphatic carboxylic acids is 1. The van der Waals surface area contributed by atoms with Crippen LogP contribution in [0.25, 0.3) is 0 Å². The van der Waals surface area contributed by atoms with Crippen LogP contribution in [0.2, 0.25) is 0 Å². The molecule has 0 spiro atoms. The maximum absolute atomic E-state index is 12.4. The van der Waals surface area contributed by atoms with Crippen molar-refractivity contribution < 1.29 is 19.8 Å². The Bertz CT molecular complexity index is 348. The normalized spacial score (nSPS) is 27.6. The van der Waals surface area contributed by atoms with E-state index in [4.69, 9.17) is 10.2 Å². The van der Waals surface area contributed by atoms with E-state index in [1.165, 1.54) is 0 Å². The van der Waals surface area contributed by atoms with Crippen molar-refractivity contribution in [1.29, 1.82) is 0 Å². The van der Waals surface area contributed by atoms with Gasteiger partial charge in [-0.15, -0.1) is 0 Å². The Labute approximate surface area is 113 Å². The predicted molar refractivity (Wildman–Crippen MR) is 68.8 cm³/mol. The van der Waals surface area contributed by atoms with Gasteiger partial charge in [-0.1, -0.05) is 0 Å². The fourth-order valence-corrected chi connectivity index (χ4v) is 3.00. The number of hydrogen-bond acceptors (Lipinski definition) is 3. The van der Waals surface area contributed by atoms with E-state index < -0.39 is 5.97 Å². The van der Waals surface area contributed by atoms with E-state index in [1.807, 2.05) is 0 Å². The Balaban J connectivity index is 1.97. The van der Waals surface area contributed by atoms with Crippen LogP contribution >= 0.6 is 0 Å². The summed E-state index contributed by atoms with van der Waals surface area (Å²) in [5, 5.41) is 18.0. The van der Waals surface area contributed by atoms with Crippen LogP contribution in [0.4, 0.5) is 4.79 Å². The predicted octanol–water partition coefficient (Wildman–Crippen LogP) is 0.750. The summed E-state index contributed by atoms with van der Waals surface area (Å²) >= 11 is 0. The van der Waals surface area contributed by atoms with Crippen molar-refractivity contribution in [1.82, 2.24) is 9.80 Å². The van der Waals surface area contributed by atoms with Gasteiger partial charge in [-0.3, -0.25) is 4.79 Å². The molecule has 2 unspecified atom stereocenters. The topological polar surface area (TPSA) is 81.1 Å². The molecule has 19 heavy (non-hydrogen) atoms. The van der Waals surface area contributed by atoms with Crippen molar-refractivity contribution >= 4 is 12.0 Å². The zero-order valence-corrected chi connectivity index (χ0v) is 11.1. The number of rotatable bonds is 3. The number of carboxylic acids is 1. The largest absolute Gasteiger partial charge is 0.481 e. The first kappa shape index (κ1) is 14.1. The van der Waals surface area contributed by atoms with Gasteiger partial charge in [0.15, 0.2) is 0 Å². The molecule has 2 fully saturated rings. The third-order valence-corrected chi connectivity index (χ3v) is 4.10. The van der Waals surface area contributed by atoms with Crippen molar-refractivity contribution in [3.05, 3.63) is 0 Å². The van der Waals surface area contributed by atoms with Gasteiger partial charge in [0.2, 0.25) is 0 Å². The zero-order valence-electron chi connectivity index (χ0n) is 11.1. The molecule has 0 bridgehead atoms. The number of amides is 2. The van der Waals surface area contributed by atoms with E-state index in [1.54, 1.807) is 9.80 Å². The Hall–Kier alpha value is -1.30. The average Bonchev–Trinajstić information content (AvgIpc) is 2.86. The molecule has 0 aromatic carbocycles. The van der Waals surface area contributed by atoms with Crippen LogP contribution < -0.4 is 0 Å². The van der Waals surface area contributed by atoms with Crippen LogP contribution in [0.1, 0.15) is 32.1 Å². The van der Waals surface area contributed by atoms with Crippen molar-refractivity contribution in [3.8, 4) is 0 Å². The summed E-state index contributed by atoms with van der Waals surface area (Å²) in [5.74, 6) is -0.675. The smallest absolute Gasteiger partial charge is 0.320 e. The average molecular weight is 270 g/mol. The number of carboxylic acid groups (broad SMARTS) is 1. The molecule has 2 aliphatic rings. The number of urea groups is 1. The first-order valence-electron chi connectivity index (χ1n) is 7.00. The van der Waals surface area contributed by atoms with E-state index in [9.17, 15) is 9.59 Å². The standard InChI is InChI=1S/C13H22N2O4/c16-9-10-4-6-14(8-10)13(19)15-5-2-1-3-11(15)7-12(17)18/h10-11,16H,1-9H2,(H,17,18). The van der Waals surface area contributed by atoms with E-state index >= 15 is 0 Å². The molecule has 2 N–H and O–H groups in total. The summed E-state index contributed by atoms with van der Waals surface area (Å²) < 4.78 is 0. The third kappa shape index (κ3) is 3.37. The molecule has 2 heterocycles. The number of hydrogen-bond donors (Lipinski definition) is 2. The summed E-state index contributed by atoms with van der Waals surface area (Å²) in [6.07, 6.45) is 3.57. The van der Waals surface area contributed by atoms with Gasteiger partial charge in [-0.25, -0.2) is 4.79 Å². The molecule has 0 aromatic rings. The highest BCUT2D eigenvalue weighted by Crippen LogP contribution is 2.24. The molecule has 2 rings (SSSR count). The molecule has 6 heteroatoms. The fourth-order valence-electron chi connectivity index (χ4n) is 3.00. The highest BCUT2D eigenvalue weighted by Gasteiger charge is 2.34. The Morgan fingerprint density at radius 1 is 1.16 bits per heavy atom. The third-order valence-electron chi connectivity index (χ3n) is 4.10. The van der Waals surface area contributed by atoms with Gasteiger partial charge in [0, 0.05) is 38.2 Å². The Morgan fingerprint density at radius 3 is 2.58 bits per heavy atom.